The minimum atomic E-state index is -1.49. The van der Waals surface area contributed by atoms with E-state index in [0.29, 0.717) is 5.75 Å². The predicted octanol–water partition coefficient (Wildman–Crippen LogP) is 1.37. The minimum Gasteiger partial charge on any atom is -0.496 e. The van der Waals surface area contributed by atoms with Gasteiger partial charge in [0, 0.05) is 11.1 Å². The van der Waals surface area contributed by atoms with Gasteiger partial charge in [0.1, 0.15) is 12.4 Å². The first-order chi connectivity index (χ1) is 7.65. The molecule has 4 nitrogen and oxygen atoms in total. The Hall–Kier alpha value is -1.62. The summed E-state index contributed by atoms with van der Waals surface area (Å²) in [6, 6.07) is 4.58. The van der Waals surface area contributed by atoms with Crippen LogP contribution in [-0.2, 0) is 16.2 Å². The lowest BCUT2D eigenvalue weighted by Crippen LogP contribution is -2.15. The molecule has 1 aromatic carbocycles. The largest absolute Gasteiger partial charge is 0.496 e. The molecule has 16 heavy (non-hydrogen) atoms. The highest BCUT2D eigenvalue weighted by Gasteiger charge is 2.22. The number of aliphatic hydroxyl groups excluding tert-OH is 1. The number of alkyl halides is 1. The van der Waals surface area contributed by atoms with Crippen LogP contribution in [0.25, 0.3) is 0 Å². The van der Waals surface area contributed by atoms with Crippen molar-refractivity contribution in [3.05, 3.63) is 29.3 Å². The third kappa shape index (κ3) is 2.30. The molecule has 0 saturated heterocycles. The van der Waals surface area contributed by atoms with Crippen molar-refractivity contribution in [2.75, 3.05) is 14.2 Å². The van der Waals surface area contributed by atoms with Crippen LogP contribution in [0.4, 0.5) is 4.39 Å². The van der Waals surface area contributed by atoms with Gasteiger partial charge in [0.05, 0.1) is 14.2 Å². The number of aliphatic hydroxyl groups is 1. The monoisotopic (exact) mass is 228 g/mol. The lowest BCUT2D eigenvalue weighted by Gasteiger charge is -2.14. The molecule has 1 atom stereocenters. The molecule has 0 aliphatic heterocycles. The molecule has 5 heteroatoms. The zero-order chi connectivity index (χ0) is 12.1. The number of methoxy groups -OCH3 is 2. The number of halogens is 1. The predicted molar refractivity (Wildman–Crippen MR) is 54.8 cm³/mol. The molecule has 0 fully saturated rings. The van der Waals surface area contributed by atoms with Gasteiger partial charge < -0.3 is 14.6 Å². The number of esters is 1. The summed E-state index contributed by atoms with van der Waals surface area (Å²) in [5.41, 5.74) is 0.316. The average Bonchev–Trinajstić information content (AvgIpc) is 2.35. The van der Waals surface area contributed by atoms with E-state index in [1.54, 1.807) is 12.1 Å². The third-order valence-electron chi connectivity index (χ3n) is 2.24. The minimum absolute atomic E-state index is 0.155. The van der Waals surface area contributed by atoms with Crippen molar-refractivity contribution in [3.63, 3.8) is 0 Å². The van der Waals surface area contributed by atoms with E-state index in [2.05, 4.69) is 4.74 Å². The molecular weight excluding hydrogens is 215 g/mol. The van der Waals surface area contributed by atoms with Gasteiger partial charge in [0.25, 0.3) is 0 Å². The molecule has 0 heterocycles. The van der Waals surface area contributed by atoms with E-state index >= 15 is 0 Å². The molecule has 0 spiro atoms. The maximum atomic E-state index is 12.8. The van der Waals surface area contributed by atoms with Crippen molar-refractivity contribution >= 4 is 5.97 Å². The molecule has 88 valence electrons. The van der Waals surface area contributed by atoms with Gasteiger partial charge in [0.2, 0.25) is 0 Å². The van der Waals surface area contributed by atoms with Crippen LogP contribution in [0.3, 0.4) is 0 Å². The van der Waals surface area contributed by atoms with Gasteiger partial charge in [0.15, 0.2) is 6.10 Å². The Balaban J connectivity index is 3.17. The van der Waals surface area contributed by atoms with Crippen LogP contribution < -0.4 is 4.74 Å². The first-order valence-electron chi connectivity index (χ1n) is 4.63. The Morgan fingerprint density at radius 3 is 2.69 bits per heavy atom. The summed E-state index contributed by atoms with van der Waals surface area (Å²) in [5.74, 6) is -0.536. The van der Waals surface area contributed by atoms with E-state index in [1.807, 2.05) is 0 Å². The normalized spacial score (nSPS) is 12.0. The van der Waals surface area contributed by atoms with Crippen molar-refractivity contribution in [2.45, 2.75) is 12.8 Å². The highest BCUT2D eigenvalue weighted by atomic mass is 19.1. The Kier molecular flexibility index (Phi) is 4.25. The van der Waals surface area contributed by atoms with Crippen molar-refractivity contribution in [1.29, 1.82) is 0 Å². The number of carbonyl (C=O) groups excluding carboxylic acids is 1. The molecule has 0 saturated carbocycles. The van der Waals surface area contributed by atoms with Crippen LogP contribution in [-0.4, -0.2) is 25.3 Å². The highest BCUT2D eigenvalue weighted by Crippen LogP contribution is 2.28. The van der Waals surface area contributed by atoms with E-state index in [4.69, 9.17) is 4.74 Å². The Morgan fingerprint density at radius 2 is 2.19 bits per heavy atom. The van der Waals surface area contributed by atoms with Gasteiger partial charge >= 0.3 is 5.97 Å². The fourth-order valence-corrected chi connectivity index (χ4v) is 1.41. The number of rotatable bonds is 4. The van der Waals surface area contributed by atoms with Gasteiger partial charge in [-0.2, -0.15) is 0 Å². The molecule has 0 aliphatic carbocycles. The van der Waals surface area contributed by atoms with Gasteiger partial charge in [-0.05, 0) is 6.07 Å². The van der Waals surface area contributed by atoms with E-state index in [-0.39, 0.29) is 11.1 Å². The lowest BCUT2D eigenvalue weighted by molar-refractivity contribution is -0.150. The molecule has 1 unspecified atom stereocenters. The maximum Gasteiger partial charge on any atom is 0.339 e. The Bertz CT molecular complexity index is 378. The summed E-state index contributed by atoms with van der Waals surface area (Å²) in [7, 11) is 2.55. The zero-order valence-electron chi connectivity index (χ0n) is 9.07. The highest BCUT2D eigenvalue weighted by molar-refractivity contribution is 5.77. The number of hydrogen-bond acceptors (Lipinski definition) is 4. The second-order valence-corrected chi connectivity index (χ2v) is 3.09. The van der Waals surface area contributed by atoms with Crippen LogP contribution in [0.2, 0.25) is 0 Å². The molecular formula is C11H13FO4. The van der Waals surface area contributed by atoms with Crippen molar-refractivity contribution in [3.8, 4) is 5.75 Å². The summed E-state index contributed by atoms with van der Waals surface area (Å²) < 4.78 is 22.1. The lowest BCUT2D eigenvalue weighted by atomic mass is 10.0. The summed E-state index contributed by atoms with van der Waals surface area (Å²) in [5, 5.41) is 9.62. The Labute approximate surface area is 92.6 Å². The fourth-order valence-electron chi connectivity index (χ4n) is 1.41. The maximum absolute atomic E-state index is 12.8. The number of ether oxygens (including phenoxy) is 2. The smallest absolute Gasteiger partial charge is 0.339 e. The zero-order valence-corrected chi connectivity index (χ0v) is 9.07. The Morgan fingerprint density at radius 1 is 1.50 bits per heavy atom. The molecule has 0 amide bonds. The summed E-state index contributed by atoms with van der Waals surface area (Å²) in [4.78, 5) is 11.1. The van der Waals surface area contributed by atoms with Crippen LogP contribution >= 0.6 is 0 Å². The molecule has 1 aromatic rings. The van der Waals surface area contributed by atoms with E-state index in [9.17, 15) is 14.3 Å². The van der Waals surface area contributed by atoms with Crippen molar-refractivity contribution in [2.24, 2.45) is 0 Å². The average molecular weight is 228 g/mol. The van der Waals surface area contributed by atoms with E-state index in [0.717, 1.165) is 7.11 Å². The quantitative estimate of drug-likeness (QED) is 0.791. The van der Waals surface area contributed by atoms with E-state index < -0.39 is 18.7 Å². The van der Waals surface area contributed by atoms with Gasteiger partial charge in [-0.1, -0.05) is 12.1 Å². The fraction of sp³-hybridized carbons (Fsp3) is 0.364. The second kappa shape index (κ2) is 5.46. The summed E-state index contributed by atoms with van der Waals surface area (Å²) in [6.07, 6.45) is -1.49. The summed E-state index contributed by atoms with van der Waals surface area (Å²) in [6.45, 7) is -0.826. The van der Waals surface area contributed by atoms with Crippen molar-refractivity contribution < 1.29 is 23.8 Å². The van der Waals surface area contributed by atoms with Crippen LogP contribution in [0.5, 0.6) is 5.75 Å². The number of carbonyl (C=O) groups is 1. The SMILES string of the molecule is COC(=O)C(O)c1cccc(OC)c1CF. The first-order valence-corrected chi connectivity index (χ1v) is 4.63. The van der Waals surface area contributed by atoms with Gasteiger partial charge in [-0.15, -0.1) is 0 Å². The van der Waals surface area contributed by atoms with Gasteiger partial charge in [-0.25, -0.2) is 9.18 Å². The van der Waals surface area contributed by atoms with Crippen LogP contribution in [0, 0.1) is 0 Å². The number of hydrogen-bond donors (Lipinski definition) is 1. The molecule has 1 N–H and O–H groups in total. The van der Waals surface area contributed by atoms with E-state index in [1.165, 1.54) is 13.2 Å². The summed E-state index contributed by atoms with van der Waals surface area (Å²) >= 11 is 0. The molecule has 0 aliphatic rings. The topological polar surface area (TPSA) is 55.8 Å². The van der Waals surface area contributed by atoms with Crippen LogP contribution in [0.15, 0.2) is 18.2 Å². The first kappa shape index (κ1) is 12.4. The molecule has 0 bridgehead atoms. The number of benzene rings is 1. The van der Waals surface area contributed by atoms with Gasteiger partial charge in [-0.3, -0.25) is 0 Å². The molecule has 1 rings (SSSR count). The standard InChI is InChI=1S/C11H13FO4/c1-15-9-5-3-4-7(8(9)6-12)10(13)11(14)16-2/h3-5,10,13H,6H2,1-2H3. The van der Waals surface area contributed by atoms with Crippen LogP contribution in [0.1, 0.15) is 17.2 Å². The molecule has 0 radical (unpaired) electrons. The third-order valence-corrected chi connectivity index (χ3v) is 2.24. The molecule has 0 aromatic heterocycles. The second-order valence-electron chi connectivity index (χ2n) is 3.09. The van der Waals surface area contributed by atoms with Crippen molar-refractivity contribution in [1.82, 2.24) is 0 Å².